The Labute approximate surface area is 63.7 Å². The van der Waals surface area contributed by atoms with Crippen LogP contribution in [0.3, 0.4) is 0 Å². The van der Waals surface area contributed by atoms with Crippen LogP contribution in [0.2, 0.25) is 0 Å². The number of rotatable bonds is 0. The van der Waals surface area contributed by atoms with E-state index in [0.29, 0.717) is 11.5 Å². The topological polar surface area (TPSA) is 3.24 Å². The molecule has 0 bridgehead atoms. The molecule has 0 aromatic carbocycles. The summed E-state index contributed by atoms with van der Waals surface area (Å²) in [6, 6.07) is 0.639. The molecule has 1 heteroatoms. The minimum absolute atomic E-state index is 0.422. The van der Waals surface area contributed by atoms with Gasteiger partial charge in [0, 0.05) is 18.8 Å². The Morgan fingerprint density at radius 3 is 2.20 bits per heavy atom. The van der Waals surface area contributed by atoms with Crippen molar-refractivity contribution < 1.29 is 0 Å². The Hall–Kier alpha value is -0.460. The van der Waals surface area contributed by atoms with Crippen molar-refractivity contribution in [3.8, 4) is 0 Å². The molecule has 0 N–H and O–H groups in total. The molecule has 58 valence electrons. The second-order valence-corrected chi connectivity index (χ2v) is 4.02. The zero-order valence-corrected chi connectivity index (χ0v) is 7.44. The number of likely N-dealkylation sites (tertiary alicyclic amines) is 1. The summed E-state index contributed by atoms with van der Waals surface area (Å²) in [6.07, 6.45) is 1.14. The number of allylic oxidation sites excluding steroid dienone is 1. The average molecular weight is 139 g/mol. The molecule has 0 aromatic heterocycles. The third kappa shape index (κ3) is 0.938. The summed E-state index contributed by atoms with van der Waals surface area (Å²) in [4.78, 5) is 2.28. The van der Waals surface area contributed by atoms with E-state index in [0.717, 1.165) is 6.42 Å². The van der Waals surface area contributed by atoms with Crippen LogP contribution in [0.25, 0.3) is 0 Å². The maximum Gasteiger partial charge on any atom is 0.0309 e. The van der Waals surface area contributed by atoms with Crippen molar-refractivity contribution in [2.75, 3.05) is 7.05 Å². The van der Waals surface area contributed by atoms with Gasteiger partial charge in [0.05, 0.1) is 0 Å². The molecular weight excluding hydrogens is 122 g/mol. The summed E-state index contributed by atoms with van der Waals surface area (Å²) >= 11 is 0. The summed E-state index contributed by atoms with van der Waals surface area (Å²) in [5.74, 6) is 0. The Morgan fingerprint density at radius 1 is 1.60 bits per heavy atom. The van der Waals surface area contributed by atoms with E-state index in [9.17, 15) is 0 Å². The van der Waals surface area contributed by atoms with Crippen molar-refractivity contribution in [3.63, 3.8) is 0 Å². The number of nitrogens with zero attached hydrogens (tertiary/aromatic N) is 1. The van der Waals surface area contributed by atoms with Gasteiger partial charge in [0.25, 0.3) is 0 Å². The maximum atomic E-state index is 4.01. The Kier molecular flexibility index (Phi) is 1.54. The van der Waals surface area contributed by atoms with Crippen LogP contribution in [0.4, 0.5) is 0 Å². The van der Waals surface area contributed by atoms with E-state index in [1.165, 1.54) is 5.70 Å². The highest BCUT2D eigenvalue weighted by Gasteiger charge is 2.36. The van der Waals surface area contributed by atoms with Crippen molar-refractivity contribution in [2.45, 2.75) is 33.2 Å². The van der Waals surface area contributed by atoms with Crippen LogP contribution in [0.5, 0.6) is 0 Å². The van der Waals surface area contributed by atoms with Gasteiger partial charge in [-0.15, -0.1) is 0 Å². The third-order valence-electron chi connectivity index (χ3n) is 2.87. The molecule has 0 spiro atoms. The van der Waals surface area contributed by atoms with Gasteiger partial charge in [0.1, 0.15) is 0 Å². The molecule has 1 nitrogen and oxygen atoms in total. The first-order valence-corrected chi connectivity index (χ1v) is 3.86. The fourth-order valence-corrected chi connectivity index (χ4v) is 1.60. The van der Waals surface area contributed by atoms with Crippen molar-refractivity contribution >= 4 is 0 Å². The summed E-state index contributed by atoms with van der Waals surface area (Å²) in [7, 11) is 2.13. The normalized spacial score (nSPS) is 31.4. The van der Waals surface area contributed by atoms with Gasteiger partial charge in [-0.1, -0.05) is 20.4 Å². The predicted molar refractivity (Wildman–Crippen MR) is 44.8 cm³/mol. The fourth-order valence-electron chi connectivity index (χ4n) is 1.60. The van der Waals surface area contributed by atoms with Crippen molar-refractivity contribution in [3.05, 3.63) is 12.3 Å². The summed E-state index contributed by atoms with van der Waals surface area (Å²) in [5.41, 5.74) is 1.70. The summed E-state index contributed by atoms with van der Waals surface area (Å²) in [6.45, 7) is 10.9. The van der Waals surface area contributed by atoms with E-state index in [4.69, 9.17) is 0 Å². The summed E-state index contributed by atoms with van der Waals surface area (Å²) in [5, 5.41) is 0. The smallest absolute Gasteiger partial charge is 0.0309 e. The van der Waals surface area contributed by atoms with Crippen LogP contribution in [0, 0.1) is 5.41 Å². The predicted octanol–water partition coefficient (Wildman–Crippen LogP) is 2.25. The maximum absolute atomic E-state index is 4.01. The molecule has 1 atom stereocenters. The van der Waals surface area contributed by atoms with Crippen LogP contribution in [-0.2, 0) is 0 Å². The molecule has 1 aliphatic heterocycles. The van der Waals surface area contributed by atoms with Gasteiger partial charge in [-0.2, -0.15) is 0 Å². The lowest BCUT2D eigenvalue weighted by molar-refractivity contribution is 0.241. The molecule has 0 aromatic rings. The van der Waals surface area contributed by atoms with E-state index in [1.54, 1.807) is 0 Å². The molecule has 0 amide bonds. The largest absolute Gasteiger partial charge is 0.375 e. The van der Waals surface area contributed by atoms with Crippen LogP contribution in [0.1, 0.15) is 27.2 Å². The lowest BCUT2D eigenvalue weighted by Gasteiger charge is -2.27. The van der Waals surface area contributed by atoms with E-state index < -0.39 is 0 Å². The number of hydrogen-bond donors (Lipinski definition) is 0. The van der Waals surface area contributed by atoms with Crippen LogP contribution in [0.15, 0.2) is 12.3 Å². The zero-order chi connectivity index (χ0) is 7.94. The van der Waals surface area contributed by atoms with E-state index in [2.05, 4.69) is 39.3 Å². The quantitative estimate of drug-likeness (QED) is 0.497. The minimum atomic E-state index is 0.422. The van der Waals surface area contributed by atoms with Gasteiger partial charge >= 0.3 is 0 Å². The first-order valence-electron chi connectivity index (χ1n) is 3.86. The third-order valence-corrected chi connectivity index (χ3v) is 2.87. The van der Waals surface area contributed by atoms with Crippen LogP contribution < -0.4 is 0 Å². The Bertz CT molecular complexity index is 158. The highest BCUT2D eigenvalue weighted by Crippen LogP contribution is 2.39. The average Bonchev–Trinajstić information content (AvgIpc) is 1.95. The van der Waals surface area contributed by atoms with Gasteiger partial charge in [0.2, 0.25) is 0 Å². The van der Waals surface area contributed by atoms with Gasteiger partial charge < -0.3 is 4.90 Å². The molecule has 0 aliphatic carbocycles. The molecule has 1 fully saturated rings. The minimum Gasteiger partial charge on any atom is -0.375 e. The van der Waals surface area contributed by atoms with Crippen molar-refractivity contribution in [1.29, 1.82) is 0 Å². The molecule has 0 unspecified atom stereocenters. The zero-order valence-electron chi connectivity index (χ0n) is 7.44. The molecule has 1 heterocycles. The molecule has 1 aliphatic rings. The molecule has 10 heavy (non-hydrogen) atoms. The van der Waals surface area contributed by atoms with Gasteiger partial charge in [-0.3, -0.25) is 0 Å². The van der Waals surface area contributed by atoms with E-state index in [1.807, 2.05) is 0 Å². The van der Waals surface area contributed by atoms with Crippen molar-refractivity contribution in [2.24, 2.45) is 5.41 Å². The highest BCUT2D eigenvalue weighted by molar-refractivity contribution is 5.09. The lowest BCUT2D eigenvalue weighted by Crippen LogP contribution is -2.30. The first-order chi connectivity index (χ1) is 4.45. The highest BCUT2D eigenvalue weighted by atomic mass is 15.2. The van der Waals surface area contributed by atoms with E-state index >= 15 is 0 Å². The van der Waals surface area contributed by atoms with Crippen LogP contribution in [-0.4, -0.2) is 18.0 Å². The van der Waals surface area contributed by atoms with Gasteiger partial charge in [-0.05, 0) is 18.8 Å². The molecular formula is C9H17N. The summed E-state index contributed by atoms with van der Waals surface area (Å²) < 4.78 is 0. The SMILES string of the molecule is C=C1CC(C)(C)[C@@H](C)N1C. The van der Waals surface area contributed by atoms with Gasteiger partial charge in [-0.25, -0.2) is 0 Å². The second-order valence-electron chi connectivity index (χ2n) is 4.02. The monoisotopic (exact) mass is 139 g/mol. The van der Waals surface area contributed by atoms with Gasteiger partial charge in [0.15, 0.2) is 0 Å². The molecule has 1 rings (SSSR count). The fraction of sp³-hybridized carbons (Fsp3) is 0.778. The standard InChI is InChI=1S/C9H17N/c1-7-6-9(3,4)8(2)10(7)5/h8H,1,6H2,2-5H3/t8-/m1/s1. The van der Waals surface area contributed by atoms with Crippen LogP contribution >= 0.6 is 0 Å². The Morgan fingerprint density at radius 2 is 2.10 bits per heavy atom. The van der Waals surface area contributed by atoms with E-state index in [-0.39, 0.29) is 0 Å². The first kappa shape index (κ1) is 7.64. The number of hydrogen-bond acceptors (Lipinski definition) is 1. The molecule has 0 radical (unpaired) electrons. The second kappa shape index (κ2) is 2.01. The molecule has 0 saturated carbocycles. The molecule has 1 saturated heterocycles. The Balaban J connectivity index is 2.81. The van der Waals surface area contributed by atoms with Crippen molar-refractivity contribution in [1.82, 2.24) is 4.90 Å². The lowest BCUT2D eigenvalue weighted by atomic mass is 9.85.